The molecule has 0 saturated heterocycles. The molecule has 0 amide bonds. The van der Waals surface area contributed by atoms with Gasteiger partial charge in [0.05, 0.1) is 17.2 Å². The van der Waals surface area contributed by atoms with Gasteiger partial charge >= 0.3 is 0 Å². The molecule has 1 N–H and O–H groups in total. The zero-order valence-corrected chi connectivity index (χ0v) is 10.5. The van der Waals surface area contributed by atoms with Crippen LogP contribution < -0.4 is 4.74 Å². The molecule has 2 saturated carbocycles. The minimum Gasteiger partial charge on any atom is -0.492 e. The monoisotopic (exact) mass is 252 g/mol. The Bertz CT molecular complexity index is 422. The molecular weight excluding hydrogens is 236 g/mol. The van der Waals surface area contributed by atoms with Crippen LogP contribution >= 0.6 is 11.6 Å². The zero-order chi connectivity index (χ0) is 11.9. The van der Waals surface area contributed by atoms with E-state index in [0.29, 0.717) is 11.4 Å². The van der Waals surface area contributed by atoms with E-state index in [9.17, 15) is 5.11 Å². The van der Waals surface area contributed by atoms with E-state index in [1.54, 1.807) is 0 Å². The summed E-state index contributed by atoms with van der Waals surface area (Å²) in [5.41, 5.74) is 0.633. The van der Waals surface area contributed by atoms with Crippen LogP contribution in [0.4, 0.5) is 0 Å². The number of ether oxygens (including phenoxy) is 1. The molecule has 2 aliphatic carbocycles. The third-order valence-corrected chi connectivity index (χ3v) is 3.82. The Kier molecular flexibility index (Phi) is 2.80. The first-order valence-corrected chi connectivity index (χ1v) is 6.66. The number of benzene rings is 1. The average Bonchev–Trinajstić information content (AvgIpc) is 3.16. The third kappa shape index (κ3) is 2.93. The maximum absolute atomic E-state index is 9.85. The number of hydrogen-bond donors (Lipinski definition) is 1. The highest BCUT2D eigenvalue weighted by molar-refractivity contribution is 6.32. The highest BCUT2D eigenvalue weighted by Gasteiger charge is 2.40. The summed E-state index contributed by atoms with van der Waals surface area (Å²) in [5.74, 6) is 1.50. The van der Waals surface area contributed by atoms with Crippen LogP contribution in [0.2, 0.25) is 5.02 Å². The molecule has 3 rings (SSSR count). The van der Waals surface area contributed by atoms with Gasteiger partial charge in [0.15, 0.2) is 0 Å². The fourth-order valence-corrected chi connectivity index (χ4v) is 2.22. The van der Waals surface area contributed by atoms with Gasteiger partial charge in [-0.2, -0.15) is 0 Å². The van der Waals surface area contributed by atoms with Crippen molar-refractivity contribution in [2.75, 3.05) is 6.61 Å². The van der Waals surface area contributed by atoms with E-state index >= 15 is 0 Å². The highest BCUT2D eigenvalue weighted by atomic mass is 35.5. The summed E-state index contributed by atoms with van der Waals surface area (Å²) in [4.78, 5) is 0. The topological polar surface area (TPSA) is 29.5 Å². The molecule has 2 nitrogen and oxygen atoms in total. The Hall–Kier alpha value is -0.730. The van der Waals surface area contributed by atoms with E-state index in [2.05, 4.69) is 0 Å². The van der Waals surface area contributed by atoms with E-state index in [1.165, 1.54) is 12.8 Å². The molecule has 1 aromatic carbocycles. The summed E-state index contributed by atoms with van der Waals surface area (Å²) >= 11 is 6.18. The van der Waals surface area contributed by atoms with Gasteiger partial charge in [-0.3, -0.25) is 0 Å². The Morgan fingerprint density at radius 1 is 1.35 bits per heavy atom. The highest BCUT2D eigenvalue weighted by Crippen LogP contribution is 2.39. The lowest BCUT2D eigenvalue weighted by Crippen LogP contribution is -2.10. The van der Waals surface area contributed by atoms with Crippen LogP contribution in [0.15, 0.2) is 18.2 Å². The van der Waals surface area contributed by atoms with E-state index in [4.69, 9.17) is 16.3 Å². The van der Waals surface area contributed by atoms with Gasteiger partial charge in [-0.1, -0.05) is 17.7 Å². The van der Waals surface area contributed by atoms with Crippen molar-refractivity contribution in [1.82, 2.24) is 0 Å². The number of halogens is 1. The first-order chi connectivity index (χ1) is 8.15. The molecule has 0 radical (unpaired) electrons. The second-order valence-corrected chi connectivity index (χ2v) is 5.83. The predicted molar refractivity (Wildman–Crippen MR) is 67.6 cm³/mol. The summed E-state index contributed by atoms with van der Waals surface area (Å²) in [6, 6.07) is 5.84. The van der Waals surface area contributed by atoms with Gasteiger partial charge in [0.1, 0.15) is 5.75 Å². The van der Waals surface area contributed by atoms with Gasteiger partial charge < -0.3 is 9.84 Å². The smallest absolute Gasteiger partial charge is 0.137 e. The standard InChI is InChI=1S/C14H17ClO2/c15-12-7-11(8-14(16)5-6-14)3-4-13(12)17-9-10-1-2-10/h3-4,7,10,16H,1-2,5-6,8-9H2. The van der Waals surface area contributed by atoms with Crippen molar-refractivity contribution in [1.29, 1.82) is 0 Å². The molecule has 17 heavy (non-hydrogen) atoms. The lowest BCUT2D eigenvalue weighted by atomic mass is 10.1. The summed E-state index contributed by atoms with van der Waals surface area (Å²) in [6.45, 7) is 0.781. The first-order valence-electron chi connectivity index (χ1n) is 6.28. The Balaban J connectivity index is 1.64. The summed E-state index contributed by atoms with van der Waals surface area (Å²) < 4.78 is 5.67. The number of aliphatic hydroxyl groups is 1. The maximum Gasteiger partial charge on any atom is 0.137 e. The van der Waals surface area contributed by atoms with Crippen LogP contribution in [-0.4, -0.2) is 17.3 Å². The number of rotatable bonds is 5. The lowest BCUT2D eigenvalue weighted by Gasteiger charge is -2.11. The molecular formula is C14H17ClO2. The van der Waals surface area contributed by atoms with Crippen molar-refractivity contribution >= 4 is 11.6 Å². The van der Waals surface area contributed by atoms with E-state index in [-0.39, 0.29) is 0 Å². The number of hydrogen-bond acceptors (Lipinski definition) is 2. The second kappa shape index (κ2) is 4.18. The zero-order valence-electron chi connectivity index (χ0n) is 9.79. The fourth-order valence-electron chi connectivity index (χ4n) is 1.96. The van der Waals surface area contributed by atoms with Crippen molar-refractivity contribution in [3.05, 3.63) is 28.8 Å². The summed E-state index contributed by atoms with van der Waals surface area (Å²) in [7, 11) is 0. The third-order valence-electron chi connectivity index (χ3n) is 3.53. The van der Waals surface area contributed by atoms with Crippen molar-refractivity contribution in [3.63, 3.8) is 0 Å². The first kappa shape index (κ1) is 11.4. The van der Waals surface area contributed by atoms with Crippen molar-refractivity contribution < 1.29 is 9.84 Å². The van der Waals surface area contributed by atoms with Gasteiger partial charge in [0.2, 0.25) is 0 Å². The molecule has 2 fully saturated rings. The van der Waals surface area contributed by atoms with Gasteiger partial charge in [0, 0.05) is 6.42 Å². The second-order valence-electron chi connectivity index (χ2n) is 5.42. The molecule has 0 spiro atoms. The molecule has 2 aliphatic rings. The van der Waals surface area contributed by atoms with E-state index < -0.39 is 5.60 Å². The van der Waals surface area contributed by atoms with Crippen LogP contribution in [0.3, 0.4) is 0 Å². The lowest BCUT2D eigenvalue weighted by molar-refractivity contribution is 0.151. The van der Waals surface area contributed by atoms with Gasteiger partial charge in [-0.05, 0) is 49.3 Å². The Morgan fingerprint density at radius 3 is 2.71 bits per heavy atom. The molecule has 0 aliphatic heterocycles. The average molecular weight is 253 g/mol. The summed E-state index contributed by atoms with van der Waals surface area (Å²) in [6.07, 6.45) is 5.08. The van der Waals surface area contributed by atoms with Crippen molar-refractivity contribution in [3.8, 4) is 5.75 Å². The normalized spacial score (nSPS) is 21.3. The van der Waals surface area contributed by atoms with E-state index in [1.807, 2.05) is 18.2 Å². The Morgan fingerprint density at radius 2 is 2.12 bits per heavy atom. The molecule has 0 aromatic heterocycles. The van der Waals surface area contributed by atoms with Crippen LogP contribution in [-0.2, 0) is 6.42 Å². The molecule has 0 heterocycles. The van der Waals surface area contributed by atoms with Crippen LogP contribution in [0.25, 0.3) is 0 Å². The molecule has 1 aromatic rings. The fraction of sp³-hybridized carbons (Fsp3) is 0.571. The van der Waals surface area contributed by atoms with Crippen LogP contribution in [0, 0.1) is 5.92 Å². The predicted octanol–water partition coefficient (Wildman–Crippen LogP) is 3.20. The van der Waals surface area contributed by atoms with Crippen molar-refractivity contribution in [2.45, 2.75) is 37.7 Å². The molecule has 3 heteroatoms. The molecule has 0 atom stereocenters. The minimum absolute atomic E-state index is 0.459. The van der Waals surface area contributed by atoms with Crippen molar-refractivity contribution in [2.24, 2.45) is 5.92 Å². The van der Waals surface area contributed by atoms with Gasteiger partial charge in [-0.15, -0.1) is 0 Å². The van der Waals surface area contributed by atoms with Crippen LogP contribution in [0.1, 0.15) is 31.2 Å². The van der Waals surface area contributed by atoms with Crippen LogP contribution in [0.5, 0.6) is 5.75 Å². The minimum atomic E-state index is -0.459. The summed E-state index contributed by atoms with van der Waals surface area (Å²) in [5, 5.41) is 10.5. The molecule has 92 valence electrons. The largest absolute Gasteiger partial charge is 0.492 e. The molecule has 0 unspecified atom stereocenters. The molecule has 0 bridgehead atoms. The van der Waals surface area contributed by atoms with Gasteiger partial charge in [-0.25, -0.2) is 0 Å². The quantitative estimate of drug-likeness (QED) is 0.872. The SMILES string of the molecule is OC1(Cc2ccc(OCC3CC3)c(Cl)c2)CC1. The van der Waals surface area contributed by atoms with Gasteiger partial charge in [0.25, 0.3) is 0 Å². The Labute approximate surface area is 107 Å². The maximum atomic E-state index is 9.85. The van der Waals surface area contributed by atoms with E-state index in [0.717, 1.165) is 36.7 Å².